The lowest BCUT2D eigenvalue weighted by molar-refractivity contribution is -0.141. The molecule has 0 bridgehead atoms. The van der Waals surface area contributed by atoms with Gasteiger partial charge in [0.25, 0.3) is 5.91 Å². The molecule has 0 aliphatic heterocycles. The van der Waals surface area contributed by atoms with Gasteiger partial charge in [0, 0.05) is 18.7 Å². The first kappa shape index (κ1) is 14.2. The predicted octanol–water partition coefficient (Wildman–Crippen LogP) is 2.26. The first-order chi connectivity index (χ1) is 8.56. The lowest BCUT2D eigenvalue weighted by Crippen LogP contribution is -2.37. The number of hydrogen-bond donors (Lipinski definition) is 1. The second kappa shape index (κ2) is 6.79. The molecule has 0 aromatic heterocycles. The van der Waals surface area contributed by atoms with Crippen molar-refractivity contribution in [2.45, 2.75) is 20.3 Å². The minimum absolute atomic E-state index is 0.106. The molecule has 4 nitrogen and oxygen atoms in total. The van der Waals surface area contributed by atoms with E-state index in [-0.39, 0.29) is 12.5 Å². The number of carbonyl (C=O) groups excluding carboxylic acids is 1. The van der Waals surface area contributed by atoms with Crippen LogP contribution in [0.2, 0.25) is 0 Å². The van der Waals surface area contributed by atoms with Crippen LogP contribution in [0, 0.1) is 5.92 Å². The van der Waals surface area contributed by atoms with Crippen LogP contribution in [0.4, 0.5) is 0 Å². The van der Waals surface area contributed by atoms with E-state index in [1.165, 1.54) is 0 Å². The number of carboxylic acids is 1. The Morgan fingerprint density at radius 1 is 1.28 bits per heavy atom. The molecular weight excluding hydrogens is 230 g/mol. The number of carboxylic acid groups (broad SMARTS) is 1. The highest BCUT2D eigenvalue weighted by molar-refractivity contribution is 5.94. The Morgan fingerprint density at radius 3 is 2.39 bits per heavy atom. The second-order valence-corrected chi connectivity index (χ2v) is 4.36. The van der Waals surface area contributed by atoms with E-state index in [1.54, 1.807) is 36.1 Å². The van der Waals surface area contributed by atoms with E-state index in [1.807, 2.05) is 13.0 Å². The van der Waals surface area contributed by atoms with E-state index in [4.69, 9.17) is 5.11 Å². The van der Waals surface area contributed by atoms with Gasteiger partial charge in [-0.15, -0.1) is 0 Å². The second-order valence-electron chi connectivity index (χ2n) is 4.36. The van der Waals surface area contributed by atoms with Gasteiger partial charge in [-0.05, 0) is 18.6 Å². The minimum Gasteiger partial charge on any atom is -0.481 e. The van der Waals surface area contributed by atoms with Gasteiger partial charge < -0.3 is 10.0 Å². The highest BCUT2D eigenvalue weighted by atomic mass is 16.4. The van der Waals surface area contributed by atoms with Crippen LogP contribution in [0.5, 0.6) is 0 Å². The van der Waals surface area contributed by atoms with Crippen LogP contribution >= 0.6 is 0 Å². The zero-order chi connectivity index (χ0) is 13.5. The van der Waals surface area contributed by atoms with E-state index in [0.29, 0.717) is 12.1 Å². The van der Waals surface area contributed by atoms with Crippen LogP contribution in [-0.2, 0) is 4.79 Å². The molecule has 1 aromatic carbocycles. The molecule has 1 aromatic rings. The van der Waals surface area contributed by atoms with Crippen LogP contribution in [0.15, 0.2) is 30.3 Å². The Hall–Kier alpha value is -1.84. The van der Waals surface area contributed by atoms with E-state index in [2.05, 4.69) is 0 Å². The molecule has 18 heavy (non-hydrogen) atoms. The summed E-state index contributed by atoms with van der Waals surface area (Å²) < 4.78 is 0. The van der Waals surface area contributed by atoms with Gasteiger partial charge >= 0.3 is 5.97 Å². The molecule has 98 valence electrons. The van der Waals surface area contributed by atoms with Crippen molar-refractivity contribution >= 4 is 11.9 Å². The number of carbonyl (C=O) groups is 2. The third-order valence-electron chi connectivity index (χ3n) is 2.72. The molecule has 4 heteroatoms. The first-order valence-corrected chi connectivity index (χ1v) is 6.13. The summed E-state index contributed by atoms with van der Waals surface area (Å²) in [5, 5.41) is 8.91. The van der Waals surface area contributed by atoms with E-state index >= 15 is 0 Å². The van der Waals surface area contributed by atoms with Crippen LogP contribution < -0.4 is 0 Å². The van der Waals surface area contributed by atoms with Gasteiger partial charge in [-0.2, -0.15) is 0 Å². The summed E-state index contributed by atoms with van der Waals surface area (Å²) in [5.41, 5.74) is 0.600. The molecule has 0 saturated carbocycles. The number of rotatable bonds is 6. The molecule has 1 N–H and O–H groups in total. The largest absolute Gasteiger partial charge is 0.481 e. The standard InChI is InChI=1S/C14H19NO3/c1-3-9-15(10-11(2)14(17)18)13(16)12-7-5-4-6-8-12/h4-8,11H,3,9-10H2,1-2H3,(H,17,18). The molecule has 1 atom stereocenters. The fourth-order valence-electron chi connectivity index (χ4n) is 1.72. The van der Waals surface area contributed by atoms with Gasteiger partial charge in [-0.1, -0.05) is 32.0 Å². The summed E-state index contributed by atoms with van der Waals surface area (Å²) in [7, 11) is 0. The van der Waals surface area contributed by atoms with Gasteiger partial charge in [0.1, 0.15) is 0 Å². The van der Waals surface area contributed by atoms with Crippen molar-refractivity contribution in [2.75, 3.05) is 13.1 Å². The van der Waals surface area contributed by atoms with Crippen LogP contribution in [-0.4, -0.2) is 35.0 Å². The molecule has 0 fully saturated rings. The molecule has 0 spiro atoms. The highest BCUT2D eigenvalue weighted by Gasteiger charge is 2.20. The van der Waals surface area contributed by atoms with Gasteiger partial charge in [-0.3, -0.25) is 9.59 Å². The molecule has 1 unspecified atom stereocenters. The van der Waals surface area contributed by atoms with Gasteiger partial charge in [0.2, 0.25) is 0 Å². The maximum Gasteiger partial charge on any atom is 0.308 e. The fourth-order valence-corrected chi connectivity index (χ4v) is 1.72. The zero-order valence-electron chi connectivity index (χ0n) is 10.8. The molecule has 0 radical (unpaired) electrons. The molecule has 0 heterocycles. The summed E-state index contributed by atoms with van der Waals surface area (Å²) >= 11 is 0. The van der Waals surface area contributed by atoms with Gasteiger partial charge in [0.05, 0.1) is 5.92 Å². The lowest BCUT2D eigenvalue weighted by Gasteiger charge is -2.24. The first-order valence-electron chi connectivity index (χ1n) is 6.13. The predicted molar refractivity (Wildman–Crippen MR) is 69.4 cm³/mol. The molecule has 0 aliphatic carbocycles. The summed E-state index contributed by atoms with van der Waals surface area (Å²) in [6.45, 7) is 4.40. The normalized spacial score (nSPS) is 11.9. The highest BCUT2D eigenvalue weighted by Crippen LogP contribution is 2.08. The van der Waals surface area contributed by atoms with E-state index in [0.717, 1.165) is 6.42 Å². The Balaban J connectivity index is 2.78. The molecule has 1 amide bonds. The van der Waals surface area contributed by atoms with Crippen LogP contribution in [0.3, 0.4) is 0 Å². The third kappa shape index (κ3) is 3.87. The Labute approximate surface area is 107 Å². The van der Waals surface area contributed by atoms with E-state index < -0.39 is 11.9 Å². The number of amides is 1. The van der Waals surface area contributed by atoms with Crippen molar-refractivity contribution in [1.29, 1.82) is 0 Å². The fraction of sp³-hybridized carbons (Fsp3) is 0.429. The van der Waals surface area contributed by atoms with Crippen molar-refractivity contribution in [3.8, 4) is 0 Å². The van der Waals surface area contributed by atoms with Crippen molar-refractivity contribution in [3.05, 3.63) is 35.9 Å². The SMILES string of the molecule is CCCN(CC(C)C(=O)O)C(=O)c1ccccc1. The summed E-state index contributed by atoms with van der Waals surface area (Å²) in [6, 6.07) is 8.95. The maximum atomic E-state index is 12.2. The maximum absolute atomic E-state index is 12.2. The van der Waals surface area contributed by atoms with E-state index in [9.17, 15) is 9.59 Å². The van der Waals surface area contributed by atoms with Gasteiger partial charge in [-0.25, -0.2) is 0 Å². The monoisotopic (exact) mass is 249 g/mol. The smallest absolute Gasteiger partial charge is 0.308 e. The summed E-state index contributed by atoms with van der Waals surface area (Å²) in [6.07, 6.45) is 0.810. The number of benzene rings is 1. The van der Waals surface area contributed by atoms with Gasteiger partial charge in [0.15, 0.2) is 0 Å². The number of aliphatic carboxylic acids is 1. The quantitative estimate of drug-likeness (QED) is 0.841. The molecule has 0 aliphatic rings. The van der Waals surface area contributed by atoms with Crippen molar-refractivity contribution in [1.82, 2.24) is 4.90 Å². The zero-order valence-corrected chi connectivity index (χ0v) is 10.8. The van der Waals surface area contributed by atoms with Crippen molar-refractivity contribution < 1.29 is 14.7 Å². The van der Waals surface area contributed by atoms with Crippen molar-refractivity contribution in [3.63, 3.8) is 0 Å². The Morgan fingerprint density at radius 2 is 1.89 bits per heavy atom. The number of nitrogens with zero attached hydrogens (tertiary/aromatic N) is 1. The molecule has 1 rings (SSSR count). The van der Waals surface area contributed by atoms with Crippen LogP contribution in [0.1, 0.15) is 30.6 Å². The van der Waals surface area contributed by atoms with Crippen LogP contribution in [0.25, 0.3) is 0 Å². The summed E-state index contributed by atoms with van der Waals surface area (Å²) in [5.74, 6) is -1.54. The van der Waals surface area contributed by atoms with Crippen molar-refractivity contribution in [2.24, 2.45) is 5.92 Å². The lowest BCUT2D eigenvalue weighted by atomic mass is 10.1. The topological polar surface area (TPSA) is 57.6 Å². The molecule has 0 saturated heterocycles. The minimum atomic E-state index is -0.878. The number of hydrogen-bond acceptors (Lipinski definition) is 2. The molecular formula is C14H19NO3. The Kier molecular flexibility index (Phi) is 5.36. The average Bonchev–Trinajstić information content (AvgIpc) is 2.38. The summed E-state index contributed by atoms with van der Waals surface area (Å²) in [4.78, 5) is 24.7. The average molecular weight is 249 g/mol. The Bertz CT molecular complexity index is 403. The third-order valence-corrected chi connectivity index (χ3v) is 2.72.